The van der Waals surface area contributed by atoms with E-state index in [-0.39, 0.29) is 0 Å². The number of anilines is 3. The summed E-state index contributed by atoms with van der Waals surface area (Å²) in [5.74, 6) is 0.611. The van der Waals surface area contributed by atoms with Crippen LogP contribution in [-0.4, -0.2) is 0 Å². The highest BCUT2D eigenvalue weighted by Crippen LogP contribution is 2.51. The van der Waals surface area contributed by atoms with Crippen molar-refractivity contribution in [3.63, 3.8) is 0 Å². The topological polar surface area (TPSA) is 3.24 Å². The Hall–Kier alpha value is -3.23. The van der Waals surface area contributed by atoms with Gasteiger partial charge in [-0.15, -0.1) is 0 Å². The highest BCUT2D eigenvalue weighted by Gasteiger charge is 2.24. The van der Waals surface area contributed by atoms with E-state index in [0.717, 1.165) is 0 Å². The van der Waals surface area contributed by atoms with Crippen LogP contribution in [0.5, 0.6) is 0 Å². The number of hydrogen-bond acceptors (Lipinski definition) is 2. The van der Waals surface area contributed by atoms with Crippen molar-refractivity contribution in [2.45, 2.75) is 42.9 Å². The fourth-order valence-corrected chi connectivity index (χ4v) is 5.32. The average Bonchev–Trinajstić information content (AvgIpc) is 2.86. The summed E-state index contributed by atoms with van der Waals surface area (Å²) >= 11 is 1.85. The van der Waals surface area contributed by atoms with E-state index in [4.69, 9.17) is 0 Å². The molecule has 2 heteroatoms. The lowest BCUT2D eigenvalue weighted by atomic mass is 9.97. The Balaban J connectivity index is 1.47. The first kappa shape index (κ1) is 21.6. The van der Waals surface area contributed by atoms with Gasteiger partial charge in [0.15, 0.2) is 0 Å². The number of fused-ring (bicyclic) bond motifs is 2. The molecule has 5 rings (SSSR count). The quantitative estimate of drug-likeness (QED) is 0.247. The van der Waals surface area contributed by atoms with Gasteiger partial charge in [-0.2, -0.15) is 0 Å². The highest BCUT2D eigenvalue weighted by atomic mass is 32.2. The third-order valence-electron chi connectivity index (χ3n) is 6.43. The van der Waals surface area contributed by atoms with Gasteiger partial charge in [-0.1, -0.05) is 97.9 Å². The van der Waals surface area contributed by atoms with E-state index < -0.39 is 0 Å². The zero-order chi connectivity index (χ0) is 22.8. The monoisotopic (exact) mass is 447 g/mol. The summed E-state index contributed by atoms with van der Waals surface area (Å²) in [5.41, 5.74) is 8.81. The molecule has 0 spiro atoms. The molecule has 1 atom stereocenters. The van der Waals surface area contributed by atoms with Crippen molar-refractivity contribution in [3.05, 3.63) is 113 Å². The first-order valence-corrected chi connectivity index (χ1v) is 12.5. The maximum Gasteiger partial charge on any atom is 0.0602 e. The van der Waals surface area contributed by atoms with Crippen molar-refractivity contribution in [2.75, 3.05) is 4.90 Å². The van der Waals surface area contributed by atoms with Gasteiger partial charge < -0.3 is 4.90 Å². The molecule has 4 aromatic carbocycles. The highest BCUT2D eigenvalue weighted by molar-refractivity contribution is 7.99. The van der Waals surface area contributed by atoms with Crippen molar-refractivity contribution in [1.82, 2.24) is 0 Å². The van der Waals surface area contributed by atoms with Gasteiger partial charge in [0.1, 0.15) is 0 Å². The Morgan fingerprint density at radius 1 is 0.758 bits per heavy atom. The predicted octanol–water partition coefficient (Wildman–Crippen LogP) is 9.61. The van der Waals surface area contributed by atoms with Crippen LogP contribution in [0.15, 0.2) is 101 Å². The molecule has 1 unspecified atom stereocenters. The van der Waals surface area contributed by atoms with Crippen LogP contribution in [0.1, 0.15) is 48.4 Å². The van der Waals surface area contributed by atoms with Gasteiger partial charge in [0.2, 0.25) is 0 Å². The van der Waals surface area contributed by atoms with Crippen LogP contribution in [0.3, 0.4) is 0 Å². The maximum absolute atomic E-state index is 2.38. The molecule has 1 heterocycles. The molecular weight excluding hydrogens is 418 g/mol. The second-order valence-corrected chi connectivity index (χ2v) is 9.86. The minimum atomic E-state index is 0.611. The number of nitrogens with zero attached hydrogens (tertiary/aromatic N) is 1. The molecule has 0 aliphatic carbocycles. The first-order chi connectivity index (χ1) is 16.1. The Kier molecular flexibility index (Phi) is 6.11. The lowest BCUT2D eigenvalue weighted by Gasteiger charge is -2.33. The Labute approximate surface area is 201 Å². The fraction of sp³-hybridized carbons (Fsp3) is 0.161. The molecule has 0 saturated heterocycles. The van der Waals surface area contributed by atoms with E-state index in [1.165, 1.54) is 55.5 Å². The van der Waals surface area contributed by atoms with Gasteiger partial charge in [-0.05, 0) is 72.4 Å². The van der Waals surface area contributed by atoms with Crippen LogP contribution in [0, 0.1) is 6.92 Å². The number of aryl methyl sites for hydroxylation is 1. The zero-order valence-electron chi connectivity index (χ0n) is 19.5. The predicted molar refractivity (Wildman–Crippen MR) is 144 cm³/mol. The zero-order valence-corrected chi connectivity index (χ0v) is 20.3. The van der Waals surface area contributed by atoms with Gasteiger partial charge in [0, 0.05) is 15.5 Å². The normalized spacial score (nSPS) is 13.6. The van der Waals surface area contributed by atoms with E-state index in [1.54, 1.807) is 0 Å². The standard InChI is InChI=1S/C31H29NS/c1-4-23(3)26-16-13-24(14-17-26)11-12-25-15-20-29-31(21-25)33-30-8-6-5-7-28(30)32(29)27-18-9-22(2)10-19-27/h5-21,23H,4H2,1-3H3. The maximum atomic E-state index is 2.38. The largest absolute Gasteiger partial charge is 0.308 e. The average molecular weight is 448 g/mol. The molecule has 0 amide bonds. The third kappa shape index (κ3) is 4.49. The van der Waals surface area contributed by atoms with Gasteiger partial charge in [-0.25, -0.2) is 0 Å². The molecule has 164 valence electrons. The Morgan fingerprint density at radius 2 is 1.42 bits per heavy atom. The van der Waals surface area contributed by atoms with Crippen molar-refractivity contribution in [1.29, 1.82) is 0 Å². The smallest absolute Gasteiger partial charge is 0.0602 e. The van der Waals surface area contributed by atoms with E-state index in [9.17, 15) is 0 Å². The SMILES string of the molecule is CCC(C)c1ccc(C=Cc2ccc3c(c2)Sc2ccccc2N3c2ccc(C)cc2)cc1. The van der Waals surface area contributed by atoms with Crippen LogP contribution in [0.25, 0.3) is 12.2 Å². The molecule has 0 N–H and O–H groups in total. The minimum Gasteiger partial charge on any atom is -0.308 e. The third-order valence-corrected chi connectivity index (χ3v) is 7.54. The van der Waals surface area contributed by atoms with Crippen LogP contribution >= 0.6 is 11.8 Å². The van der Waals surface area contributed by atoms with Gasteiger partial charge >= 0.3 is 0 Å². The summed E-state index contributed by atoms with van der Waals surface area (Å²) in [5, 5.41) is 0. The lowest BCUT2D eigenvalue weighted by molar-refractivity contribution is 0.733. The molecule has 1 aliphatic rings. The molecule has 1 aliphatic heterocycles. The summed E-state index contributed by atoms with van der Waals surface area (Å²) in [6.45, 7) is 6.66. The van der Waals surface area contributed by atoms with Crippen LogP contribution in [0.4, 0.5) is 17.1 Å². The van der Waals surface area contributed by atoms with E-state index in [1.807, 2.05) is 11.8 Å². The number of benzene rings is 4. The van der Waals surface area contributed by atoms with Crippen molar-refractivity contribution >= 4 is 41.0 Å². The molecule has 1 nitrogen and oxygen atoms in total. The molecule has 0 radical (unpaired) electrons. The van der Waals surface area contributed by atoms with Crippen molar-refractivity contribution < 1.29 is 0 Å². The number of rotatable bonds is 5. The van der Waals surface area contributed by atoms with Gasteiger partial charge in [0.25, 0.3) is 0 Å². The van der Waals surface area contributed by atoms with E-state index in [0.29, 0.717) is 5.92 Å². The minimum absolute atomic E-state index is 0.611. The molecule has 0 aromatic heterocycles. The molecule has 4 aromatic rings. The Bertz CT molecular complexity index is 1290. The summed E-state index contributed by atoms with van der Waals surface area (Å²) in [7, 11) is 0. The Morgan fingerprint density at radius 3 is 2.18 bits per heavy atom. The van der Waals surface area contributed by atoms with E-state index >= 15 is 0 Å². The molecular formula is C31H29NS. The lowest BCUT2D eigenvalue weighted by Crippen LogP contribution is -2.14. The van der Waals surface area contributed by atoms with Crippen molar-refractivity contribution in [3.8, 4) is 0 Å². The molecule has 0 fully saturated rings. The summed E-state index contributed by atoms with van der Waals surface area (Å²) in [4.78, 5) is 4.94. The summed E-state index contributed by atoms with van der Waals surface area (Å²) < 4.78 is 0. The molecule has 33 heavy (non-hydrogen) atoms. The van der Waals surface area contributed by atoms with Crippen molar-refractivity contribution in [2.24, 2.45) is 0 Å². The first-order valence-electron chi connectivity index (χ1n) is 11.7. The second-order valence-electron chi connectivity index (χ2n) is 8.78. The number of hydrogen-bond donors (Lipinski definition) is 0. The fourth-order valence-electron chi connectivity index (χ4n) is 4.21. The van der Waals surface area contributed by atoms with Crippen LogP contribution in [-0.2, 0) is 0 Å². The van der Waals surface area contributed by atoms with Crippen LogP contribution in [0.2, 0.25) is 0 Å². The van der Waals surface area contributed by atoms with Gasteiger partial charge in [-0.3, -0.25) is 0 Å². The molecule has 0 saturated carbocycles. The van der Waals surface area contributed by atoms with E-state index in [2.05, 4.69) is 129 Å². The summed E-state index contributed by atoms with van der Waals surface area (Å²) in [6.07, 6.45) is 5.60. The second kappa shape index (κ2) is 9.33. The number of para-hydroxylation sites is 1. The van der Waals surface area contributed by atoms with Crippen LogP contribution < -0.4 is 4.90 Å². The molecule has 0 bridgehead atoms. The summed E-state index contributed by atoms with van der Waals surface area (Å²) in [6, 6.07) is 33.2. The van der Waals surface area contributed by atoms with Gasteiger partial charge in [0.05, 0.1) is 11.4 Å².